The fourth-order valence-corrected chi connectivity index (χ4v) is 4.08. The van der Waals surface area contributed by atoms with Crippen molar-refractivity contribution >= 4 is 62.6 Å². The molecule has 2 N–H and O–H groups in total. The summed E-state index contributed by atoms with van der Waals surface area (Å²) >= 11 is 1.66. The number of aromatic nitrogens is 1. The number of ether oxygens (including phenoxy) is 1. The Kier molecular flexibility index (Phi) is 9.23. The highest BCUT2D eigenvalue weighted by Gasteiger charge is 2.26. The normalized spacial score (nSPS) is 15.2. The molecule has 2 aromatic rings. The molecule has 9 heteroatoms. The Balaban J connectivity index is 0.00000280. The van der Waals surface area contributed by atoms with Gasteiger partial charge in [0.15, 0.2) is 11.1 Å². The van der Waals surface area contributed by atoms with Crippen molar-refractivity contribution in [3.8, 4) is 0 Å². The SMILES string of the molecule is CCNC(=NCCNc1nc2ccccc2s1)N1CCC(C(=O)OC)CC1.I. The molecule has 154 valence electrons. The first-order valence-electron chi connectivity index (χ1n) is 9.41. The van der Waals surface area contributed by atoms with E-state index < -0.39 is 0 Å². The number of hydrogen-bond acceptors (Lipinski definition) is 6. The van der Waals surface area contributed by atoms with Gasteiger partial charge in [-0.2, -0.15) is 0 Å². The van der Waals surface area contributed by atoms with E-state index in [4.69, 9.17) is 9.73 Å². The molecule has 0 radical (unpaired) electrons. The van der Waals surface area contributed by atoms with E-state index >= 15 is 0 Å². The van der Waals surface area contributed by atoms with Crippen LogP contribution in [-0.4, -0.2) is 61.6 Å². The Hall–Kier alpha value is -1.62. The summed E-state index contributed by atoms with van der Waals surface area (Å²) in [5, 5.41) is 7.63. The number of para-hydroxylation sites is 1. The second kappa shape index (κ2) is 11.4. The van der Waals surface area contributed by atoms with Crippen molar-refractivity contribution in [3.63, 3.8) is 0 Å². The number of guanidine groups is 1. The predicted octanol–water partition coefficient (Wildman–Crippen LogP) is 3.18. The molecular weight excluding hydrogens is 489 g/mol. The maximum Gasteiger partial charge on any atom is 0.308 e. The van der Waals surface area contributed by atoms with Gasteiger partial charge in [0, 0.05) is 26.2 Å². The number of esters is 1. The van der Waals surface area contributed by atoms with Crippen molar-refractivity contribution < 1.29 is 9.53 Å². The number of fused-ring (bicyclic) bond motifs is 1. The molecule has 1 aliphatic heterocycles. The third kappa shape index (κ3) is 5.94. The highest BCUT2D eigenvalue weighted by molar-refractivity contribution is 14.0. The number of methoxy groups -OCH3 is 1. The summed E-state index contributed by atoms with van der Waals surface area (Å²) in [4.78, 5) is 23.2. The molecule has 1 aromatic heterocycles. The zero-order valence-corrected chi connectivity index (χ0v) is 19.5. The number of carbonyl (C=O) groups is 1. The molecule has 0 unspecified atom stereocenters. The lowest BCUT2D eigenvalue weighted by Gasteiger charge is -2.33. The highest BCUT2D eigenvalue weighted by Crippen LogP contribution is 2.25. The van der Waals surface area contributed by atoms with Crippen LogP contribution in [0.5, 0.6) is 0 Å². The molecule has 0 amide bonds. The Morgan fingerprint density at radius 1 is 1.36 bits per heavy atom. The standard InChI is InChI=1S/C19H27N5O2S.HI/c1-3-20-18(24-12-8-14(9-13-24)17(25)26-2)21-10-11-22-19-23-15-6-4-5-7-16(15)27-19;/h4-7,14H,3,8-13H2,1-2H3,(H,20,21)(H,22,23);1H. The van der Waals surface area contributed by atoms with Gasteiger partial charge in [0.2, 0.25) is 0 Å². The third-order valence-electron chi connectivity index (χ3n) is 4.61. The summed E-state index contributed by atoms with van der Waals surface area (Å²) in [5.74, 6) is 0.818. The van der Waals surface area contributed by atoms with Crippen molar-refractivity contribution in [2.75, 3.05) is 45.2 Å². The fourth-order valence-electron chi connectivity index (χ4n) is 3.19. The Bertz CT molecular complexity index is 756. The van der Waals surface area contributed by atoms with Crippen LogP contribution in [0.2, 0.25) is 0 Å². The third-order valence-corrected chi connectivity index (χ3v) is 5.60. The van der Waals surface area contributed by atoms with Gasteiger partial charge in [-0.1, -0.05) is 23.5 Å². The zero-order valence-electron chi connectivity index (χ0n) is 16.3. The van der Waals surface area contributed by atoms with Crippen molar-refractivity contribution in [2.45, 2.75) is 19.8 Å². The summed E-state index contributed by atoms with van der Waals surface area (Å²) in [7, 11) is 1.46. The number of hydrogen-bond donors (Lipinski definition) is 2. The molecule has 0 spiro atoms. The van der Waals surface area contributed by atoms with Crippen LogP contribution in [0, 0.1) is 5.92 Å². The fraction of sp³-hybridized carbons (Fsp3) is 0.526. The van der Waals surface area contributed by atoms with Crippen LogP contribution < -0.4 is 10.6 Å². The molecule has 1 saturated heterocycles. The largest absolute Gasteiger partial charge is 0.469 e. The van der Waals surface area contributed by atoms with E-state index in [0.29, 0.717) is 6.54 Å². The molecule has 1 fully saturated rings. The van der Waals surface area contributed by atoms with E-state index in [1.807, 2.05) is 18.2 Å². The minimum absolute atomic E-state index is 0. The number of aliphatic imine (C=N–C) groups is 1. The number of likely N-dealkylation sites (tertiary alicyclic amines) is 1. The van der Waals surface area contributed by atoms with E-state index in [0.717, 1.165) is 55.6 Å². The monoisotopic (exact) mass is 517 g/mol. The molecule has 0 saturated carbocycles. The summed E-state index contributed by atoms with van der Waals surface area (Å²) in [6.07, 6.45) is 1.61. The second-order valence-electron chi connectivity index (χ2n) is 6.43. The van der Waals surface area contributed by atoms with Crippen molar-refractivity contribution in [1.29, 1.82) is 0 Å². The van der Waals surface area contributed by atoms with Crippen LogP contribution in [0.15, 0.2) is 29.3 Å². The molecule has 3 rings (SSSR count). The number of carbonyl (C=O) groups excluding carboxylic acids is 1. The summed E-state index contributed by atoms with van der Waals surface area (Å²) in [6, 6.07) is 8.14. The molecule has 7 nitrogen and oxygen atoms in total. The Morgan fingerprint density at radius 2 is 2.11 bits per heavy atom. The number of piperidine rings is 1. The molecular formula is C19H28IN5O2S. The van der Waals surface area contributed by atoms with Gasteiger partial charge in [-0.15, -0.1) is 24.0 Å². The minimum Gasteiger partial charge on any atom is -0.469 e. The number of rotatable bonds is 6. The second-order valence-corrected chi connectivity index (χ2v) is 7.46. The lowest BCUT2D eigenvalue weighted by Crippen LogP contribution is -2.46. The van der Waals surface area contributed by atoms with Crippen molar-refractivity contribution in [3.05, 3.63) is 24.3 Å². The summed E-state index contributed by atoms with van der Waals surface area (Å²) in [6.45, 7) is 5.91. The van der Waals surface area contributed by atoms with E-state index in [-0.39, 0.29) is 35.9 Å². The van der Waals surface area contributed by atoms with Crippen molar-refractivity contribution in [2.24, 2.45) is 10.9 Å². The first kappa shape index (κ1) is 22.7. The van der Waals surface area contributed by atoms with Gasteiger partial charge in [-0.25, -0.2) is 4.98 Å². The van der Waals surface area contributed by atoms with Crippen LogP contribution in [0.3, 0.4) is 0 Å². The van der Waals surface area contributed by atoms with Crippen LogP contribution in [0.4, 0.5) is 5.13 Å². The number of nitrogens with one attached hydrogen (secondary N) is 2. The summed E-state index contributed by atoms with van der Waals surface area (Å²) < 4.78 is 6.05. The van der Waals surface area contributed by atoms with E-state index in [1.165, 1.54) is 11.8 Å². The van der Waals surface area contributed by atoms with Gasteiger partial charge >= 0.3 is 5.97 Å². The first-order chi connectivity index (χ1) is 13.2. The molecule has 28 heavy (non-hydrogen) atoms. The maximum atomic E-state index is 11.7. The van der Waals surface area contributed by atoms with Crippen molar-refractivity contribution in [1.82, 2.24) is 15.2 Å². The van der Waals surface area contributed by atoms with Gasteiger partial charge in [-0.05, 0) is 31.9 Å². The number of benzene rings is 1. The first-order valence-corrected chi connectivity index (χ1v) is 10.2. The van der Waals surface area contributed by atoms with E-state index in [9.17, 15) is 4.79 Å². The van der Waals surface area contributed by atoms with Gasteiger partial charge in [0.05, 0.1) is 29.8 Å². The number of nitrogens with zero attached hydrogens (tertiary/aromatic N) is 3. The van der Waals surface area contributed by atoms with Gasteiger partial charge in [-0.3, -0.25) is 9.79 Å². The zero-order chi connectivity index (χ0) is 19.1. The topological polar surface area (TPSA) is 78.9 Å². The molecule has 2 heterocycles. The molecule has 1 aliphatic rings. The smallest absolute Gasteiger partial charge is 0.308 e. The molecule has 0 aliphatic carbocycles. The van der Waals surface area contributed by atoms with Gasteiger partial charge < -0.3 is 20.3 Å². The molecule has 1 aromatic carbocycles. The lowest BCUT2D eigenvalue weighted by molar-refractivity contribution is -0.146. The number of thiazole rings is 1. The van der Waals surface area contributed by atoms with Crippen LogP contribution in [0.25, 0.3) is 10.2 Å². The van der Waals surface area contributed by atoms with Crippen LogP contribution in [0.1, 0.15) is 19.8 Å². The quantitative estimate of drug-likeness (QED) is 0.202. The van der Waals surface area contributed by atoms with Gasteiger partial charge in [0.25, 0.3) is 0 Å². The number of anilines is 1. The average Bonchev–Trinajstić information content (AvgIpc) is 3.12. The molecule has 0 bridgehead atoms. The van der Waals surface area contributed by atoms with Crippen LogP contribution in [-0.2, 0) is 9.53 Å². The Labute approximate surface area is 187 Å². The van der Waals surface area contributed by atoms with E-state index in [2.05, 4.69) is 33.5 Å². The Morgan fingerprint density at radius 3 is 2.79 bits per heavy atom. The van der Waals surface area contributed by atoms with Crippen LogP contribution >= 0.6 is 35.3 Å². The maximum absolute atomic E-state index is 11.7. The minimum atomic E-state index is -0.100. The highest BCUT2D eigenvalue weighted by atomic mass is 127. The van der Waals surface area contributed by atoms with Gasteiger partial charge in [0.1, 0.15) is 0 Å². The predicted molar refractivity (Wildman–Crippen MR) is 126 cm³/mol. The molecule has 0 atom stereocenters. The number of halogens is 1. The van der Waals surface area contributed by atoms with E-state index in [1.54, 1.807) is 11.3 Å². The lowest BCUT2D eigenvalue weighted by atomic mass is 9.97. The average molecular weight is 517 g/mol. The summed E-state index contributed by atoms with van der Waals surface area (Å²) in [5.41, 5.74) is 1.02.